The molecule has 1 heterocycles. The van der Waals surface area contributed by atoms with Gasteiger partial charge in [0.25, 0.3) is 0 Å². The van der Waals surface area contributed by atoms with Crippen LogP contribution in [0.25, 0.3) is 0 Å². The average Bonchev–Trinajstić information content (AvgIpc) is 2.49. The Morgan fingerprint density at radius 2 is 1.62 bits per heavy atom. The second-order valence-corrected chi connectivity index (χ2v) is 13.5. The van der Waals surface area contributed by atoms with E-state index in [1.54, 1.807) is 0 Å². The molecule has 142 valence electrons. The van der Waals surface area contributed by atoms with Crippen molar-refractivity contribution in [2.24, 2.45) is 0 Å². The summed E-state index contributed by atoms with van der Waals surface area (Å²) in [5, 5.41) is 0. The van der Waals surface area contributed by atoms with Gasteiger partial charge in [0.05, 0.1) is 20.3 Å². The van der Waals surface area contributed by atoms with E-state index in [0.29, 0.717) is 29.2 Å². The minimum Gasteiger partial charge on any atom is -0.468 e. The maximum absolute atomic E-state index is 11.6. The molecule has 0 aromatic rings. The van der Waals surface area contributed by atoms with Crippen LogP contribution in [0.5, 0.6) is 0 Å². The molecule has 1 aliphatic rings. The molecule has 6 heteroatoms. The van der Waals surface area contributed by atoms with E-state index in [4.69, 9.17) is 9.16 Å². The summed E-state index contributed by atoms with van der Waals surface area (Å²) < 4.78 is 11.6. The molecule has 0 N–H and O–H groups in total. The van der Waals surface area contributed by atoms with E-state index >= 15 is 0 Å². The summed E-state index contributed by atoms with van der Waals surface area (Å²) in [7, 11) is 1.77. The minimum atomic E-state index is -1.84. The number of likely N-dealkylation sites (N-methyl/N-ethyl adjacent to an activating group) is 1. The topological polar surface area (TPSA) is 42.0 Å². The van der Waals surface area contributed by atoms with Gasteiger partial charge in [-0.05, 0) is 23.7 Å². The van der Waals surface area contributed by atoms with Gasteiger partial charge in [-0.2, -0.15) is 0 Å². The zero-order valence-corrected chi connectivity index (χ0v) is 18.0. The molecule has 0 saturated carbocycles. The van der Waals surface area contributed by atoms with Gasteiger partial charge in [-0.1, -0.05) is 41.5 Å². The van der Waals surface area contributed by atoms with E-state index in [1.165, 1.54) is 7.11 Å². The number of hydrogen-bond acceptors (Lipinski definition) is 5. The van der Waals surface area contributed by atoms with Crippen molar-refractivity contribution in [3.8, 4) is 0 Å². The first kappa shape index (κ1) is 21.6. The molecule has 0 spiro atoms. The van der Waals surface area contributed by atoms with Gasteiger partial charge in [-0.3, -0.25) is 14.6 Å². The number of rotatable bonds is 8. The Balaban J connectivity index is 2.75. The third-order valence-electron chi connectivity index (χ3n) is 5.67. The van der Waals surface area contributed by atoms with Crippen LogP contribution < -0.4 is 0 Å². The molecule has 5 nitrogen and oxygen atoms in total. The van der Waals surface area contributed by atoms with Crippen LogP contribution in [0.4, 0.5) is 0 Å². The molecular weight excluding hydrogens is 320 g/mol. The van der Waals surface area contributed by atoms with E-state index in [1.807, 2.05) is 0 Å². The molecular formula is C18H38N2O3Si. The minimum absolute atomic E-state index is 0.158. The standard InChI is InChI=1S/C18H38N2O3Si/c1-14(2)24(15(3)4,16(5)6)23-13-17-11-20(10-9-19(17)7)12-18(21)22-8/h14-17H,9-13H2,1-8H3. The molecule has 0 aliphatic carbocycles. The summed E-state index contributed by atoms with van der Waals surface area (Å²) in [6.07, 6.45) is 0. The monoisotopic (exact) mass is 358 g/mol. The maximum Gasteiger partial charge on any atom is 0.319 e. The fraction of sp³-hybridized carbons (Fsp3) is 0.944. The summed E-state index contributed by atoms with van der Waals surface area (Å²) in [4.78, 5) is 16.1. The summed E-state index contributed by atoms with van der Waals surface area (Å²) >= 11 is 0. The summed E-state index contributed by atoms with van der Waals surface area (Å²) in [6.45, 7) is 17.8. The van der Waals surface area contributed by atoms with Crippen molar-refractivity contribution in [2.45, 2.75) is 64.2 Å². The Morgan fingerprint density at radius 3 is 2.08 bits per heavy atom. The van der Waals surface area contributed by atoms with E-state index < -0.39 is 8.32 Å². The number of esters is 1. The summed E-state index contributed by atoms with van der Waals surface area (Å²) in [5.41, 5.74) is 1.78. The van der Waals surface area contributed by atoms with Gasteiger partial charge in [-0.15, -0.1) is 0 Å². The largest absolute Gasteiger partial charge is 0.468 e. The quantitative estimate of drug-likeness (QED) is 0.493. The van der Waals surface area contributed by atoms with E-state index in [9.17, 15) is 4.79 Å². The SMILES string of the molecule is COC(=O)CN1CCN(C)C(CO[Si](C(C)C)(C(C)C)C(C)C)C1. The Kier molecular flexibility index (Phi) is 8.39. The highest BCUT2D eigenvalue weighted by Crippen LogP contribution is 2.42. The number of carbonyl (C=O) groups is 1. The predicted octanol–water partition coefficient (Wildman–Crippen LogP) is 2.97. The average molecular weight is 359 g/mol. The number of piperazine rings is 1. The van der Waals surface area contributed by atoms with Crippen molar-refractivity contribution < 1.29 is 14.0 Å². The molecule has 1 rings (SSSR count). The van der Waals surface area contributed by atoms with E-state index in [-0.39, 0.29) is 5.97 Å². The lowest BCUT2D eigenvalue weighted by Gasteiger charge is -2.45. The van der Waals surface area contributed by atoms with Crippen molar-refractivity contribution in [3.05, 3.63) is 0 Å². The van der Waals surface area contributed by atoms with Crippen LogP contribution in [0.3, 0.4) is 0 Å². The highest BCUT2D eigenvalue weighted by molar-refractivity contribution is 6.77. The number of nitrogens with zero attached hydrogens (tertiary/aromatic N) is 2. The molecule has 0 radical (unpaired) electrons. The van der Waals surface area contributed by atoms with Crippen LogP contribution in [0.1, 0.15) is 41.5 Å². The predicted molar refractivity (Wildman–Crippen MR) is 102 cm³/mol. The highest BCUT2D eigenvalue weighted by atomic mass is 28.4. The molecule has 0 aromatic carbocycles. The molecule has 1 atom stereocenters. The molecule has 1 fully saturated rings. The van der Waals surface area contributed by atoms with Crippen LogP contribution in [-0.4, -0.2) is 77.1 Å². The number of carbonyl (C=O) groups excluding carboxylic acids is 1. The van der Waals surface area contributed by atoms with Gasteiger partial charge < -0.3 is 9.16 Å². The lowest BCUT2D eigenvalue weighted by Crippen LogP contribution is -2.57. The third-order valence-corrected chi connectivity index (χ3v) is 11.8. The highest BCUT2D eigenvalue weighted by Gasteiger charge is 2.45. The summed E-state index contributed by atoms with van der Waals surface area (Å²) in [5.74, 6) is -0.158. The van der Waals surface area contributed by atoms with Gasteiger partial charge in [0.15, 0.2) is 8.32 Å². The molecule has 0 bridgehead atoms. The van der Waals surface area contributed by atoms with E-state index in [0.717, 1.165) is 26.2 Å². The molecule has 0 aromatic heterocycles. The van der Waals surface area contributed by atoms with Gasteiger partial charge in [0.2, 0.25) is 0 Å². The lowest BCUT2D eigenvalue weighted by molar-refractivity contribution is -0.142. The molecule has 24 heavy (non-hydrogen) atoms. The van der Waals surface area contributed by atoms with Crippen molar-refractivity contribution in [1.82, 2.24) is 9.80 Å². The number of hydrogen-bond donors (Lipinski definition) is 0. The Morgan fingerprint density at radius 1 is 1.08 bits per heavy atom. The van der Waals surface area contributed by atoms with Gasteiger partial charge in [0, 0.05) is 25.7 Å². The first-order valence-electron chi connectivity index (χ1n) is 9.28. The fourth-order valence-electron chi connectivity index (χ4n) is 4.32. The number of methoxy groups -OCH3 is 1. The smallest absolute Gasteiger partial charge is 0.319 e. The normalized spacial score (nSPS) is 21.0. The molecule has 1 saturated heterocycles. The van der Waals surface area contributed by atoms with E-state index in [2.05, 4.69) is 58.4 Å². The maximum atomic E-state index is 11.6. The van der Waals surface area contributed by atoms with Crippen molar-refractivity contribution in [1.29, 1.82) is 0 Å². The molecule has 1 unspecified atom stereocenters. The Hall–Kier alpha value is -0.433. The van der Waals surface area contributed by atoms with Gasteiger partial charge in [-0.25, -0.2) is 0 Å². The van der Waals surface area contributed by atoms with Crippen molar-refractivity contribution in [3.63, 3.8) is 0 Å². The lowest BCUT2D eigenvalue weighted by atomic mass is 10.2. The van der Waals surface area contributed by atoms with Crippen LogP contribution in [-0.2, 0) is 14.0 Å². The third kappa shape index (κ3) is 5.03. The van der Waals surface area contributed by atoms with Crippen molar-refractivity contribution in [2.75, 3.05) is 46.9 Å². The van der Waals surface area contributed by atoms with Crippen LogP contribution in [0, 0.1) is 0 Å². The first-order chi connectivity index (χ1) is 11.1. The Bertz CT molecular complexity index is 380. The molecule has 1 aliphatic heterocycles. The zero-order valence-electron chi connectivity index (χ0n) is 17.0. The number of ether oxygens (including phenoxy) is 1. The fourth-order valence-corrected chi connectivity index (χ4v) is 9.80. The second kappa shape index (κ2) is 9.32. The zero-order chi connectivity index (χ0) is 18.5. The first-order valence-corrected chi connectivity index (χ1v) is 11.4. The second-order valence-electron chi connectivity index (χ2n) is 8.07. The Labute approximate surface area is 149 Å². The molecule has 0 amide bonds. The van der Waals surface area contributed by atoms with Crippen LogP contribution >= 0.6 is 0 Å². The van der Waals surface area contributed by atoms with Gasteiger partial charge in [0.1, 0.15) is 0 Å². The van der Waals surface area contributed by atoms with Crippen LogP contribution in [0.15, 0.2) is 0 Å². The van der Waals surface area contributed by atoms with Crippen molar-refractivity contribution >= 4 is 14.3 Å². The summed E-state index contributed by atoms with van der Waals surface area (Å²) in [6, 6.07) is 0.339. The van der Waals surface area contributed by atoms with Crippen LogP contribution in [0.2, 0.25) is 16.6 Å². The van der Waals surface area contributed by atoms with Gasteiger partial charge >= 0.3 is 5.97 Å².